The van der Waals surface area contributed by atoms with E-state index in [1.807, 2.05) is 59.3 Å². The van der Waals surface area contributed by atoms with Crippen molar-refractivity contribution in [3.8, 4) is 11.1 Å². The largest absolute Gasteiger partial charge is 0.343 e. The van der Waals surface area contributed by atoms with E-state index in [-0.39, 0.29) is 18.4 Å². The molecule has 3 aromatic rings. The number of carbonyl (C=O) groups is 2. The van der Waals surface area contributed by atoms with E-state index in [4.69, 9.17) is 0 Å². The molecule has 1 N–H and O–H groups in total. The fourth-order valence-electron chi connectivity index (χ4n) is 2.58. The van der Waals surface area contributed by atoms with Crippen LogP contribution < -0.4 is 5.32 Å². The standard InChI is InChI=1S/C21H20N2O2S/c1-23(14-16-11-12-26-15-16)20(24)13-22-21(25)19-9-7-18(8-10-19)17-5-3-2-4-6-17/h2-12,15H,13-14H2,1H3,(H,22,25). The van der Waals surface area contributed by atoms with Crippen molar-refractivity contribution in [2.24, 2.45) is 0 Å². The highest BCUT2D eigenvalue weighted by molar-refractivity contribution is 7.07. The van der Waals surface area contributed by atoms with Crippen molar-refractivity contribution >= 4 is 23.2 Å². The summed E-state index contributed by atoms with van der Waals surface area (Å²) >= 11 is 1.60. The molecule has 0 atom stereocenters. The Morgan fingerprint density at radius 2 is 1.65 bits per heavy atom. The fraction of sp³-hybridized carbons (Fsp3) is 0.143. The molecule has 0 aliphatic rings. The summed E-state index contributed by atoms with van der Waals surface area (Å²) in [6, 6.07) is 19.3. The van der Waals surface area contributed by atoms with Crippen molar-refractivity contribution < 1.29 is 9.59 Å². The van der Waals surface area contributed by atoms with E-state index < -0.39 is 0 Å². The maximum absolute atomic E-state index is 12.3. The molecule has 132 valence electrons. The van der Waals surface area contributed by atoms with Crippen LogP contribution in [0.15, 0.2) is 71.4 Å². The number of hydrogen-bond acceptors (Lipinski definition) is 3. The second-order valence-corrected chi connectivity index (χ2v) is 6.79. The quantitative estimate of drug-likeness (QED) is 0.723. The minimum atomic E-state index is -0.248. The first-order valence-electron chi connectivity index (χ1n) is 8.32. The molecule has 0 unspecified atom stereocenters. The van der Waals surface area contributed by atoms with Crippen LogP contribution >= 0.6 is 11.3 Å². The van der Waals surface area contributed by atoms with Gasteiger partial charge in [0.05, 0.1) is 6.54 Å². The lowest BCUT2D eigenvalue weighted by atomic mass is 10.0. The third-order valence-electron chi connectivity index (χ3n) is 4.08. The van der Waals surface area contributed by atoms with Gasteiger partial charge in [0, 0.05) is 19.2 Å². The number of rotatable bonds is 6. The Bertz CT molecular complexity index is 859. The van der Waals surface area contributed by atoms with Crippen LogP contribution in [0.1, 0.15) is 15.9 Å². The molecule has 1 aromatic heterocycles. The SMILES string of the molecule is CN(Cc1ccsc1)C(=O)CNC(=O)c1ccc(-c2ccccc2)cc1. The minimum absolute atomic E-state index is 0.0140. The molecule has 0 bridgehead atoms. The van der Waals surface area contributed by atoms with E-state index >= 15 is 0 Å². The van der Waals surface area contributed by atoms with Gasteiger partial charge in [0.15, 0.2) is 0 Å². The van der Waals surface area contributed by atoms with Crippen LogP contribution in [0.25, 0.3) is 11.1 Å². The molecular formula is C21H20N2O2S. The lowest BCUT2D eigenvalue weighted by molar-refractivity contribution is -0.129. The van der Waals surface area contributed by atoms with Crippen molar-refractivity contribution in [2.45, 2.75) is 6.54 Å². The maximum Gasteiger partial charge on any atom is 0.251 e. The summed E-state index contributed by atoms with van der Waals surface area (Å²) in [5.41, 5.74) is 3.78. The van der Waals surface area contributed by atoms with Crippen molar-refractivity contribution in [1.29, 1.82) is 0 Å². The van der Waals surface area contributed by atoms with Crippen LogP contribution in [0, 0.1) is 0 Å². The van der Waals surface area contributed by atoms with Gasteiger partial charge in [-0.25, -0.2) is 0 Å². The Labute approximate surface area is 157 Å². The monoisotopic (exact) mass is 364 g/mol. The summed E-state index contributed by atoms with van der Waals surface area (Å²) in [6.07, 6.45) is 0. The molecule has 0 radical (unpaired) electrons. The van der Waals surface area contributed by atoms with Gasteiger partial charge in [0.25, 0.3) is 5.91 Å². The third-order valence-corrected chi connectivity index (χ3v) is 4.81. The molecule has 2 aromatic carbocycles. The Morgan fingerprint density at radius 1 is 0.962 bits per heavy atom. The van der Waals surface area contributed by atoms with Crippen LogP contribution in [0.3, 0.4) is 0 Å². The summed E-state index contributed by atoms with van der Waals surface area (Å²) < 4.78 is 0. The molecule has 5 heteroatoms. The van der Waals surface area contributed by atoms with Crippen molar-refractivity contribution in [2.75, 3.05) is 13.6 Å². The highest BCUT2D eigenvalue weighted by Crippen LogP contribution is 2.19. The number of nitrogens with zero attached hydrogens (tertiary/aromatic N) is 1. The van der Waals surface area contributed by atoms with Gasteiger partial charge in [-0.05, 0) is 45.6 Å². The number of likely N-dealkylation sites (N-methyl/N-ethyl adjacent to an activating group) is 1. The topological polar surface area (TPSA) is 49.4 Å². The summed E-state index contributed by atoms with van der Waals surface area (Å²) in [5, 5.41) is 6.68. The van der Waals surface area contributed by atoms with Gasteiger partial charge in [0.1, 0.15) is 0 Å². The van der Waals surface area contributed by atoms with Crippen molar-refractivity contribution in [3.05, 3.63) is 82.6 Å². The van der Waals surface area contributed by atoms with Gasteiger partial charge >= 0.3 is 0 Å². The normalized spacial score (nSPS) is 10.3. The predicted octanol–water partition coefficient (Wildman–Crippen LogP) is 3.80. The third kappa shape index (κ3) is 4.58. The Kier molecular flexibility index (Phi) is 5.81. The van der Waals surface area contributed by atoms with Gasteiger partial charge in [0.2, 0.25) is 5.91 Å². The molecule has 26 heavy (non-hydrogen) atoms. The minimum Gasteiger partial charge on any atom is -0.343 e. The number of hydrogen-bond donors (Lipinski definition) is 1. The lowest BCUT2D eigenvalue weighted by Crippen LogP contribution is -2.37. The fourth-order valence-corrected chi connectivity index (χ4v) is 3.24. The number of benzene rings is 2. The average Bonchev–Trinajstić information content (AvgIpc) is 3.19. The summed E-state index contributed by atoms with van der Waals surface area (Å²) in [5.74, 6) is -0.368. The van der Waals surface area contributed by atoms with Crippen LogP contribution in [-0.4, -0.2) is 30.3 Å². The van der Waals surface area contributed by atoms with Crippen molar-refractivity contribution in [1.82, 2.24) is 10.2 Å². The summed E-state index contributed by atoms with van der Waals surface area (Å²) in [6.45, 7) is 0.532. The maximum atomic E-state index is 12.3. The van der Waals surface area contributed by atoms with Crippen LogP contribution in [0.4, 0.5) is 0 Å². The van der Waals surface area contributed by atoms with Gasteiger partial charge in [-0.1, -0.05) is 42.5 Å². The van der Waals surface area contributed by atoms with Crippen LogP contribution in [0.5, 0.6) is 0 Å². The Balaban J connectivity index is 1.54. The first kappa shape index (κ1) is 17.9. The van der Waals surface area contributed by atoms with Crippen LogP contribution in [-0.2, 0) is 11.3 Å². The Hall–Kier alpha value is -2.92. The lowest BCUT2D eigenvalue weighted by Gasteiger charge is -2.16. The first-order valence-corrected chi connectivity index (χ1v) is 9.26. The molecule has 2 amide bonds. The van der Waals surface area contributed by atoms with Gasteiger partial charge < -0.3 is 10.2 Å². The van der Waals surface area contributed by atoms with Gasteiger partial charge in [-0.15, -0.1) is 0 Å². The average molecular weight is 364 g/mol. The van der Waals surface area contributed by atoms with E-state index in [0.717, 1.165) is 16.7 Å². The second-order valence-electron chi connectivity index (χ2n) is 6.01. The van der Waals surface area contributed by atoms with Crippen molar-refractivity contribution in [3.63, 3.8) is 0 Å². The summed E-state index contributed by atoms with van der Waals surface area (Å²) in [4.78, 5) is 26.0. The second kappa shape index (κ2) is 8.45. The molecule has 0 saturated heterocycles. The van der Waals surface area contributed by atoms with E-state index in [1.165, 1.54) is 0 Å². The molecule has 0 fully saturated rings. The zero-order chi connectivity index (χ0) is 18.4. The number of carbonyl (C=O) groups excluding carboxylic acids is 2. The molecule has 4 nitrogen and oxygen atoms in total. The van der Waals surface area contributed by atoms with Gasteiger partial charge in [-0.2, -0.15) is 11.3 Å². The number of amides is 2. The number of nitrogens with one attached hydrogen (secondary N) is 1. The molecular weight excluding hydrogens is 344 g/mol. The Morgan fingerprint density at radius 3 is 2.31 bits per heavy atom. The first-order chi connectivity index (χ1) is 12.6. The molecule has 0 aliphatic carbocycles. The zero-order valence-corrected chi connectivity index (χ0v) is 15.3. The van der Waals surface area contributed by atoms with Gasteiger partial charge in [-0.3, -0.25) is 9.59 Å². The summed E-state index contributed by atoms with van der Waals surface area (Å²) in [7, 11) is 1.74. The number of thiophene rings is 1. The van der Waals surface area contributed by atoms with Crippen LogP contribution in [0.2, 0.25) is 0 Å². The van der Waals surface area contributed by atoms with E-state index in [0.29, 0.717) is 12.1 Å². The zero-order valence-electron chi connectivity index (χ0n) is 14.5. The molecule has 0 saturated carbocycles. The van der Waals surface area contributed by atoms with E-state index in [2.05, 4.69) is 5.32 Å². The smallest absolute Gasteiger partial charge is 0.251 e. The highest BCUT2D eigenvalue weighted by atomic mass is 32.1. The molecule has 0 aliphatic heterocycles. The van der Waals surface area contributed by atoms with E-state index in [9.17, 15) is 9.59 Å². The molecule has 1 heterocycles. The van der Waals surface area contributed by atoms with E-state index in [1.54, 1.807) is 35.4 Å². The molecule has 0 spiro atoms. The molecule has 3 rings (SSSR count). The highest BCUT2D eigenvalue weighted by Gasteiger charge is 2.12. The predicted molar refractivity (Wildman–Crippen MR) is 105 cm³/mol.